The number of halogens is 2. The van der Waals surface area contributed by atoms with E-state index in [0.717, 1.165) is 25.8 Å². The van der Waals surface area contributed by atoms with E-state index < -0.39 is 0 Å². The summed E-state index contributed by atoms with van der Waals surface area (Å²) in [6.45, 7) is 0. The second-order valence-corrected chi connectivity index (χ2v) is 10.5. The molecule has 0 aliphatic rings. The molecule has 0 saturated carbocycles. The number of fused-ring (bicyclic) bond motifs is 1. The molecule has 0 aliphatic heterocycles. The topological polar surface area (TPSA) is 25.2 Å². The van der Waals surface area contributed by atoms with Gasteiger partial charge in [0.05, 0.1) is 31.2 Å². The quantitative estimate of drug-likeness (QED) is 0.170. The molecule has 0 saturated heterocycles. The third kappa shape index (κ3) is 5.15. The van der Waals surface area contributed by atoms with Gasteiger partial charge in [-0.25, -0.2) is 4.98 Å². The van der Waals surface area contributed by atoms with Crippen LogP contribution < -0.4 is 0 Å². The van der Waals surface area contributed by atoms with Crippen LogP contribution in [0.5, 0.6) is 0 Å². The third-order valence-electron chi connectivity index (χ3n) is 5.12. The monoisotopic (exact) mass is 504 g/mol. The lowest BCUT2D eigenvalue weighted by molar-refractivity contribution is 1.14. The Balaban J connectivity index is 1.44. The molecular weight excluding hydrogens is 487 g/mol. The number of hydrogen-bond acceptors (Lipinski definition) is 4. The second-order valence-electron chi connectivity index (χ2n) is 7.34. The molecule has 0 aliphatic carbocycles. The van der Waals surface area contributed by atoms with Crippen molar-refractivity contribution in [1.29, 1.82) is 0 Å². The van der Waals surface area contributed by atoms with Gasteiger partial charge < -0.3 is 0 Å². The van der Waals surface area contributed by atoms with Crippen LogP contribution in [0.25, 0.3) is 10.2 Å². The minimum Gasteiger partial charge on any atom is -0.256 e. The molecule has 5 rings (SSSR count). The fraction of sp³-hybridized carbons (Fsp3) is 0.0370. The Morgan fingerprint density at radius 3 is 2.06 bits per heavy atom. The van der Waals surface area contributed by atoms with Crippen molar-refractivity contribution in [1.82, 2.24) is 4.98 Å². The van der Waals surface area contributed by atoms with Crippen LogP contribution in [0, 0.1) is 0 Å². The molecular formula is C27H18Cl2N2S2. The number of benzene rings is 4. The first kappa shape index (κ1) is 22.2. The summed E-state index contributed by atoms with van der Waals surface area (Å²) in [5.74, 6) is 0. The minimum atomic E-state index is 0.174. The van der Waals surface area contributed by atoms with Gasteiger partial charge in [0, 0.05) is 11.8 Å². The number of rotatable bonds is 6. The molecule has 0 bridgehead atoms. The highest BCUT2D eigenvalue weighted by molar-refractivity contribution is 8.01. The largest absolute Gasteiger partial charge is 0.256 e. The van der Waals surface area contributed by atoms with Crippen molar-refractivity contribution in [2.75, 3.05) is 0 Å². The maximum atomic E-state index is 6.26. The van der Waals surface area contributed by atoms with Crippen molar-refractivity contribution in [2.24, 2.45) is 4.99 Å². The summed E-state index contributed by atoms with van der Waals surface area (Å²) < 4.78 is 2.12. The van der Waals surface area contributed by atoms with Crippen molar-refractivity contribution < 1.29 is 0 Å². The molecule has 2 nitrogen and oxygen atoms in total. The average Bonchev–Trinajstić information content (AvgIpc) is 3.25. The van der Waals surface area contributed by atoms with Crippen LogP contribution in [0.1, 0.15) is 21.9 Å². The Morgan fingerprint density at radius 1 is 0.788 bits per heavy atom. The molecule has 0 radical (unpaired) electrons. The number of nitrogens with zero attached hydrogens (tertiary/aromatic N) is 2. The van der Waals surface area contributed by atoms with Crippen LogP contribution in [0.15, 0.2) is 106 Å². The summed E-state index contributed by atoms with van der Waals surface area (Å²) in [6, 6.07) is 32.6. The van der Waals surface area contributed by atoms with E-state index in [9.17, 15) is 0 Å². The van der Waals surface area contributed by atoms with Gasteiger partial charge >= 0.3 is 0 Å². The van der Waals surface area contributed by atoms with E-state index in [1.165, 1.54) is 11.1 Å². The van der Waals surface area contributed by atoms with Crippen molar-refractivity contribution in [3.63, 3.8) is 0 Å². The Labute approximate surface area is 210 Å². The highest BCUT2D eigenvalue weighted by Gasteiger charge is 2.18. The molecule has 0 fully saturated rings. The van der Waals surface area contributed by atoms with Gasteiger partial charge in [-0.1, -0.05) is 102 Å². The Bertz CT molecular complexity index is 1360. The number of thioether (sulfide) groups is 1. The fourth-order valence-electron chi connectivity index (χ4n) is 3.48. The maximum Gasteiger partial charge on any atom is 0.152 e. The van der Waals surface area contributed by atoms with Gasteiger partial charge in [-0.3, -0.25) is 4.99 Å². The van der Waals surface area contributed by atoms with E-state index in [-0.39, 0.29) is 5.25 Å². The average molecular weight is 505 g/mol. The predicted octanol–water partition coefficient (Wildman–Crippen LogP) is 9.24. The highest BCUT2D eigenvalue weighted by Crippen LogP contribution is 2.43. The number of hydrogen-bond donors (Lipinski definition) is 0. The zero-order valence-corrected chi connectivity index (χ0v) is 20.5. The van der Waals surface area contributed by atoms with Gasteiger partial charge in [0.1, 0.15) is 0 Å². The maximum absolute atomic E-state index is 6.26. The number of aromatic nitrogens is 1. The van der Waals surface area contributed by atoms with Crippen molar-refractivity contribution in [3.8, 4) is 0 Å². The molecule has 162 valence electrons. The third-order valence-corrected chi connectivity index (χ3v) is 8.20. The van der Waals surface area contributed by atoms with Gasteiger partial charge in [0.25, 0.3) is 0 Å². The lowest BCUT2D eigenvalue weighted by atomic mass is 10.0. The Morgan fingerprint density at radius 2 is 1.42 bits per heavy atom. The Kier molecular flexibility index (Phi) is 6.79. The van der Waals surface area contributed by atoms with Crippen molar-refractivity contribution in [3.05, 3.63) is 124 Å². The molecule has 6 heteroatoms. The first-order valence-electron chi connectivity index (χ1n) is 10.3. The molecule has 0 amide bonds. The summed E-state index contributed by atoms with van der Waals surface area (Å²) in [7, 11) is 0. The predicted molar refractivity (Wildman–Crippen MR) is 144 cm³/mol. The molecule has 0 unspecified atom stereocenters. The smallest absolute Gasteiger partial charge is 0.152 e. The zero-order valence-electron chi connectivity index (χ0n) is 17.4. The molecule has 5 aromatic rings. The van der Waals surface area contributed by atoms with Gasteiger partial charge in [0.15, 0.2) is 4.34 Å². The lowest BCUT2D eigenvalue weighted by Gasteiger charge is -2.16. The van der Waals surface area contributed by atoms with E-state index in [1.807, 2.05) is 30.3 Å². The van der Waals surface area contributed by atoms with E-state index in [0.29, 0.717) is 10.0 Å². The van der Waals surface area contributed by atoms with Gasteiger partial charge in [-0.05, 0) is 41.5 Å². The van der Waals surface area contributed by atoms with Crippen molar-refractivity contribution >= 4 is 68.4 Å². The van der Waals surface area contributed by atoms with Gasteiger partial charge in [-0.15, -0.1) is 11.3 Å². The molecule has 0 spiro atoms. The zero-order chi connectivity index (χ0) is 22.6. The van der Waals surface area contributed by atoms with E-state index in [2.05, 4.69) is 59.6 Å². The molecule has 0 N–H and O–H groups in total. The van der Waals surface area contributed by atoms with Crippen LogP contribution >= 0.6 is 46.3 Å². The second kappa shape index (κ2) is 10.1. The van der Waals surface area contributed by atoms with Crippen LogP contribution in [0.4, 0.5) is 5.69 Å². The summed E-state index contributed by atoms with van der Waals surface area (Å²) in [5, 5.41) is 1.33. The first-order chi connectivity index (χ1) is 16.2. The van der Waals surface area contributed by atoms with E-state index in [1.54, 1.807) is 41.4 Å². The SMILES string of the molecule is Clc1cccc(Cl)c1C=Nc1ccc2nc(SC(c3ccccc3)c3ccccc3)sc2c1. The molecule has 33 heavy (non-hydrogen) atoms. The number of aliphatic imine (C=N–C) groups is 1. The summed E-state index contributed by atoms with van der Waals surface area (Å²) >= 11 is 16.0. The standard InChI is InChI=1S/C27H18Cl2N2S2/c28-22-12-7-13-23(29)21(22)17-30-20-14-15-24-25(16-20)32-27(31-24)33-26(18-8-3-1-4-9-18)19-10-5-2-6-11-19/h1-17,26H. The summed E-state index contributed by atoms with van der Waals surface area (Å²) in [4.78, 5) is 9.47. The lowest BCUT2D eigenvalue weighted by Crippen LogP contribution is -1.96. The van der Waals surface area contributed by atoms with Crippen molar-refractivity contribution in [2.45, 2.75) is 9.59 Å². The summed E-state index contributed by atoms with van der Waals surface area (Å²) in [5.41, 5.74) is 5.04. The molecule has 4 aromatic carbocycles. The summed E-state index contributed by atoms with van der Waals surface area (Å²) in [6.07, 6.45) is 1.71. The van der Waals surface area contributed by atoms with Crippen LogP contribution in [0.3, 0.4) is 0 Å². The van der Waals surface area contributed by atoms with Crippen LogP contribution in [0.2, 0.25) is 10.0 Å². The first-order valence-corrected chi connectivity index (χ1v) is 12.8. The molecule has 0 atom stereocenters. The van der Waals surface area contributed by atoms with Crippen LogP contribution in [-0.2, 0) is 0 Å². The van der Waals surface area contributed by atoms with E-state index in [4.69, 9.17) is 28.2 Å². The van der Waals surface area contributed by atoms with Gasteiger partial charge in [0.2, 0.25) is 0 Å². The Hall–Kier alpha value is -2.63. The van der Waals surface area contributed by atoms with Crippen LogP contribution in [-0.4, -0.2) is 11.2 Å². The highest BCUT2D eigenvalue weighted by atomic mass is 35.5. The molecule has 1 heterocycles. The van der Waals surface area contributed by atoms with Gasteiger partial charge in [-0.2, -0.15) is 0 Å². The number of thiazole rings is 1. The minimum absolute atomic E-state index is 0.174. The fourth-order valence-corrected chi connectivity index (χ4v) is 6.40. The molecule has 1 aromatic heterocycles. The van der Waals surface area contributed by atoms with E-state index >= 15 is 0 Å². The normalized spacial score (nSPS) is 11.6.